The van der Waals surface area contributed by atoms with Gasteiger partial charge in [-0.05, 0) is 37.2 Å². The first-order valence-electron chi connectivity index (χ1n) is 6.20. The van der Waals surface area contributed by atoms with E-state index in [1.54, 1.807) is 0 Å². The van der Waals surface area contributed by atoms with Crippen LogP contribution in [0.15, 0.2) is 11.6 Å². The SMILES string of the molecule is C#CCC(C#N)(C#N)C1=CCCCC1CCC. The van der Waals surface area contributed by atoms with E-state index in [0.717, 1.165) is 37.7 Å². The Kier molecular flexibility index (Phi) is 4.81. The van der Waals surface area contributed by atoms with Crippen molar-refractivity contribution in [2.45, 2.75) is 45.4 Å². The van der Waals surface area contributed by atoms with Crippen molar-refractivity contribution in [3.8, 4) is 24.5 Å². The van der Waals surface area contributed by atoms with Crippen LogP contribution in [-0.2, 0) is 0 Å². The van der Waals surface area contributed by atoms with E-state index in [1.165, 1.54) is 0 Å². The molecule has 0 heterocycles. The molecule has 1 rings (SSSR count). The fraction of sp³-hybridized carbons (Fsp3) is 0.600. The van der Waals surface area contributed by atoms with E-state index < -0.39 is 5.41 Å². The van der Waals surface area contributed by atoms with Gasteiger partial charge < -0.3 is 0 Å². The highest BCUT2D eigenvalue weighted by Gasteiger charge is 2.38. The Bertz CT molecular complexity index is 398. The molecule has 0 spiro atoms. The molecule has 17 heavy (non-hydrogen) atoms. The molecule has 0 aromatic heterocycles. The monoisotopic (exact) mass is 226 g/mol. The molecule has 0 aliphatic heterocycles. The smallest absolute Gasteiger partial charge is 0.175 e. The number of rotatable bonds is 4. The van der Waals surface area contributed by atoms with E-state index in [-0.39, 0.29) is 6.42 Å². The minimum absolute atomic E-state index is 0.200. The standard InChI is InChI=1S/C15H18N2/c1-3-7-13-8-5-6-9-14(13)15(11-16,12-17)10-4-2/h2,9,13H,3,5-8,10H2,1H3. The lowest BCUT2D eigenvalue weighted by atomic mass is 9.69. The van der Waals surface area contributed by atoms with Crippen molar-refractivity contribution < 1.29 is 0 Å². The zero-order chi connectivity index (χ0) is 12.7. The normalized spacial score (nSPS) is 19.6. The van der Waals surface area contributed by atoms with E-state index >= 15 is 0 Å². The summed E-state index contributed by atoms with van der Waals surface area (Å²) in [6.45, 7) is 2.13. The summed E-state index contributed by atoms with van der Waals surface area (Å²) < 4.78 is 0. The van der Waals surface area contributed by atoms with Crippen molar-refractivity contribution in [3.63, 3.8) is 0 Å². The van der Waals surface area contributed by atoms with Crippen molar-refractivity contribution in [2.24, 2.45) is 11.3 Å². The summed E-state index contributed by atoms with van der Waals surface area (Å²) >= 11 is 0. The molecular weight excluding hydrogens is 208 g/mol. The molecule has 1 aliphatic rings. The van der Waals surface area contributed by atoms with E-state index in [4.69, 9.17) is 6.42 Å². The summed E-state index contributed by atoms with van der Waals surface area (Å²) in [6, 6.07) is 4.30. The maximum Gasteiger partial charge on any atom is 0.175 e. The highest BCUT2D eigenvalue weighted by molar-refractivity contribution is 5.37. The molecule has 0 N–H and O–H groups in total. The van der Waals surface area contributed by atoms with Crippen molar-refractivity contribution in [3.05, 3.63) is 11.6 Å². The van der Waals surface area contributed by atoms with Gasteiger partial charge in [0, 0.05) is 6.42 Å². The molecule has 0 aromatic rings. The van der Waals surface area contributed by atoms with E-state index in [9.17, 15) is 10.5 Å². The number of nitrogens with zero attached hydrogens (tertiary/aromatic N) is 2. The molecule has 1 aliphatic carbocycles. The van der Waals surface area contributed by atoms with Crippen molar-refractivity contribution in [1.29, 1.82) is 10.5 Å². The molecule has 1 unspecified atom stereocenters. The lowest BCUT2D eigenvalue weighted by molar-refractivity contribution is 0.410. The first-order valence-corrected chi connectivity index (χ1v) is 6.20. The Morgan fingerprint density at radius 2 is 2.18 bits per heavy atom. The van der Waals surface area contributed by atoms with Crippen LogP contribution in [0.25, 0.3) is 0 Å². The Morgan fingerprint density at radius 1 is 1.47 bits per heavy atom. The van der Waals surface area contributed by atoms with Crippen LogP contribution >= 0.6 is 0 Å². The van der Waals surface area contributed by atoms with Crippen molar-refractivity contribution in [2.75, 3.05) is 0 Å². The summed E-state index contributed by atoms with van der Waals surface area (Å²) in [5, 5.41) is 18.7. The highest BCUT2D eigenvalue weighted by atomic mass is 14.4. The van der Waals surface area contributed by atoms with Crippen LogP contribution in [-0.4, -0.2) is 0 Å². The first-order chi connectivity index (χ1) is 8.24. The summed E-state index contributed by atoms with van der Waals surface area (Å²) in [5.74, 6) is 2.85. The Labute approximate surface area is 104 Å². The lowest BCUT2D eigenvalue weighted by Gasteiger charge is -2.31. The van der Waals surface area contributed by atoms with Gasteiger partial charge in [-0.25, -0.2) is 0 Å². The Balaban J connectivity index is 3.09. The van der Waals surface area contributed by atoms with Gasteiger partial charge in [0.1, 0.15) is 0 Å². The fourth-order valence-electron chi connectivity index (χ4n) is 2.60. The van der Waals surface area contributed by atoms with Crippen molar-refractivity contribution >= 4 is 0 Å². The van der Waals surface area contributed by atoms with Crippen LogP contribution in [0.3, 0.4) is 0 Å². The largest absolute Gasteiger partial charge is 0.196 e. The second kappa shape index (κ2) is 6.12. The highest BCUT2D eigenvalue weighted by Crippen LogP contribution is 2.41. The Morgan fingerprint density at radius 3 is 2.71 bits per heavy atom. The number of hydrogen-bond donors (Lipinski definition) is 0. The van der Waals surface area contributed by atoms with Gasteiger partial charge in [0.2, 0.25) is 0 Å². The third-order valence-electron chi connectivity index (χ3n) is 3.44. The number of nitriles is 2. The molecule has 2 nitrogen and oxygen atoms in total. The zero-order valence-electron chi connectivity index (χ0n) is 10.4. The Hall–Kier alpha value is -1.72. The predicted octanol–water partition coefficient (Wildman–Crippen LogP) is 3.57. The van der Waals surface area contributed by atoms with Crippen LogP contribution in [0.5, 0.6) is 0 Å². The fourth-order valence-corrected chi connectivity index (χ4v) is 2.60. The van der Waals surface area contributed by atoms with Gasteiger partial charge in [0.25, 0.3) is 0 Å². The van der Waals surface area contributed by atoms with E-state index in [2.05, 4.69) is 31.1 Å². The molecule has 2 heteroatoms. The molecule has 0 saturated heterocycles. The summed E-state index contributed by atoms with van der Waals surface area (Å²) in [6.07, 6.45) is 12.9. The number of terminal acetylenes is 1. The van der Waals surface area contributed by atoms with Crippen molar-refractivity contribution in [1.82, 2.24) is 0 Å². The molecule has 88 valence electrons. The molecule has 0 amide bonds. The third-order valence-corrected chi connectivity index (χ3v) is 3.44. The van der Waals surface area contributed by atoms with Gasteiger partial charge in [-0.2, -0.15) is 10.5 Å². The quantitative estimate of drug-likeness (QED) is 0.543. The maximum atomic E-state index is 9.34. The third kappa shape index (κ3) is 2.69. The molecule has 0 aromatic carbocycles. The maximum absolute atomic E-state index is 9.34. The van der Waals surface area contributed by atoms with Gasteiger partial charge in [-0.1, -0.05) is 19.4 Å². The van der Waals surface area contributed by atoms with Crippen LogP contribution in [0.1, 0.15) is 45.4 Å². The van der Waals surface area contributed by atoms with Gasteiger partial charge in [-0.15, -0.1) is 12.3 Å². The van der Waals surface area contributed by atoms with E-state index in [0.29, 0.717) is 5.92 Å². The van der Waals surface area contributed by atoms with Gasteiger partial charge >= 0.3 is 0 Å². The molecule has 0 radical (unpaired) electrons. The molecule has 1 atom stereocenters. The summed E-state index contributed by atoms with van der Waals surface area (Å²) in [5.41, 5.74) is -0.108. The van der Waals surface area contributed by atoms with Gasteiger partial charge in [-0.3, -0.25) is 0 Å². The van der Waals surface area contributed by atoms with Gasteiger partial charge in [0.15, 0.2) is 5.41 Å². The predicted molar refractivity (Wildman–Crippen MR) is 67.4 cm³/mol. The van der Waals surface area contributed by atoms with Crippen LogP contribution in [0.2, 0.25) is 0 Å². The number of allylic oxidation sites excluding steroid dienone is 2. The first kappa shape index (κ1) is 13.3. The van der Waals surface area contributed by atoms with Crippen LogP contribution in [0, 0.1) is 46.3 Å². The molecule has 0 saturated carbocycles. The van der Waals surface area contributed by atoms with Crippen LogP contribution in [0.4, 0.5) is 0 Å². The lowest BCUT2D eigenvalue weighted by Crippen LogP contribution is -2.26. The van der Waals surface area contributed by atoms with Gasteiger partial charge in [0.05, 0.1) is 12.1 Å². The van der Waals surface area contributed by atoms with E-state index in [1.807, 2.05) is 0 Å². The molecule has 0 bridgehead atoms. The number of hydrogen-bond acceptors (Lipinski definition) is 2. The second-order valence-electron chi connectivity index (χ2n) is 4.59. The van der Waals surface area contributed by atoms with Crippen LogP contribution < -0.4 is 0 Å². The topological polar surface area (TPSA) is 47.6 Å². The second-order valence-corrected chi connectivity index (χ2v) is 4.59. The minimum Gasteiger partial charge on any atom is -0.196 e. The minimum atomic E-state index is -1.09. The zero-order valence-corrected chi connectivity index (χ0v) is 10.4. The molecule has 0 fully saturated rings. The average molecular weight is 226 g/mol. The summed E-state index contributed by atoms with van der Waals surface area (Å²) in [7, 11) is 0. The average Bonchev–Trinajstić information content (AvgIpc) is 2.37. The summed E-state index contributed by atoms with van der Waals surface area (Å²) in [4.78, 5) is 0. The molecular formula is C15H18N2.